The van der Waals surface area contributed by atoms with Crippen LogP contribution in [0.4, 0.5) is 4.79 Å². The topological polar surface area (TPSA) is 74.4 Å². The third kappa shape index (κ3) is 5.15. The summed E-state index contributed by atoms with van der Waals surface area (Å²) in [4.78, 5) is 30.3. The van der Waals surface area contributed by atoms with Gasteiger partial charge in [0, 0.05) is 41.3 Å². The Labute approximate surface area is 179 Å². The lowest BCUT2D eigenvalue weighted by molar-refractivity contribution is 0.0199. The first kappa shape index (κ1) is 22.2. The van der Waals surface area contributed by atoms with Gasteiger partial charge in [-0.15, -0.1) is 0 Å². The number of hydrogen-bond acceptors (Lipinski definition) is 3. The smallest absolute Gasteiger partial charge is 0.410 e. The molecule has 0 atom stereocenters. The predicted molar refractivity (Wildman–Crippen MR) is 120 cm³/mol. The Bertz CT molecular complexity index is 902. The van der Waals surface area contributed by atoms with Gasteiger partial charge in [-0.05, 0) is 70.2 Å². The summed E-state index contributed by atoms with van der Waals surface area (Å²) in [6.45, 7) is 11.1. The normalized spacial score (nSPS) is 15.4. The number of nitrogens with one attached hydrogen (secondary N) is 2. The Hall–Kier alpha value is -2.50. The third-order valence-electron chi connectivity index (χ3n) is 5.59. The average Bonchev–Trinajstić information content (AvgIpc) is 3.03. The number of amides is 2. The van der Waals surface area contributed by atoms with Crippen molar-refractivity contribution in [1.29, 1.82) is 0 Å². The van der Waals surface area contributed by atoms with Gasteiger partial charge in [-0.2, -0.15) is 0 Å². The first-order chi connectivity index (χ1) is 14.2. The molecular weight excluding hydrogens is 378 g/mol. The van der Waals surface area contributed by atoms with Crippen LogP contribution in [0.25, 0.3) is 10.9 Å². The fourth-order valence-corrected chi connectivity index (χ4v) is 4.11. The van der Waals surface area contributed by atoms with Crippen LogP contribution in [0.5, 0.6) is 0 Å². The Kier molecular flexibility index (Phi) is 6.74. The molecule has 2 heterocycles. The molecule has 3 rings (SSSR count). The maximum Gasteiger partial charge on any atom is 0.410 e. The molecule has 0 bridgehead atoms. The van der Waals surface area contributed by atoms with Crippen LogP contribution < -0.4 is 5.32 Å². The summed E-state index contributed by atoms with van der Waals surface area (Å²) in [6, 6.07) is 5.97. The number of aromatic amines is 1. The zero-order valence-electron chi connectivity index (χ0n) is 18.9. The maximum atomic E-state index is 12.9. The number of aryl methyl sites for hydroxylation is 2. The van der Waals surface area contributed by atoms with Gasteiger partial charge in [0.15, 0.2) is 0 Å². The van der Waals surface area contributed by atoms with Gasteiger partial charge in [0.2, 0.25) is 0 Å². The van der Waals surface area contributed by atoms with E-state index in [4.69, 9.17) is 4.74 Å². The first-order valence-corrected chi connectivity index (χ1v) is 11.1. The largest absolute Gasteiger partial charge is 0.444 e. The van der Waals surface area contributed by atoms with E-state index in [0.717, 1.165) is 43.0 Å². The van der Waals surface area contributed by atoms with Crippen molar-refractivity contribution < 1.29 is 14.3 Å². The van der Waals surface area contributed by atoms with Crippen molar-refractivity contribution in [3.05, 3.63) is 35.0 Å². The molecule has 0 aliphatic carbocycles. The number of fused-ring (bicyclic) bond motifs is 1. The van der Waals surface area contributed by atoms with E-state index in [1.165, 1.54) is 11.3 Å². The third-order valence-corrected chi connectivity index (χ3v) is 5.59. The van der Waals surface area contributed by atoms with Crippen molar-refractivity contribution in [2.24, 2.45) is 0 Å². The second kappa shape index (κ2) is 9.11. The summed E-state index contributed by atoms with van der Waals surface area (Å²) in [5.41, 5.74) is 3.88. The molecule has 1 fully saturated rings. The molecule has 1 aliphatic heterocycles. The molecule has 0 spiro atoms. The molecule has 2 aromatic rings. The molecule has 0 unspecified atom stereocenters. The van der Waals surface area contributed by atoms with Crippen LogP contribution in [0.1, 0.15) is 75.5 Å². The van der Waals surface area contributed by atoms with E-state index in [2.05, 4.69) is 24.1 Å². The highest BCUT2D eigenvalue weighted by Crippen LogP contribution is 2.25. The van der Waals surface area contributed by atoms with Crippen molar-refractivity contribution in [2.75, 3.05) is 13.1 Å². The summed E-state index contributed by atoms with van der Waals surface area (Å²) in [7, 11) is 0. The molecule has 164 valence electrons. The molecule has 1 aromatic heterocycles. The number of aromatic nitrogens is 1. The molecule has 0 radical (unpaired) electrons. The zero-order valence-corrected chi connectivity index (χ0v) is 18.9. The minimum Gasteiger partial charge on any atom is -0.444 e. The van der Waals surface area contributed by atoms with Crippen LogP contribution in [0, 0.1) is 0 Å². The molecule has 6 nitrogen and oxygen atoms in total. The van der Waals surface area contributed by atoms with Crippen LogP contribution in [-0.2, 0) is 17.6 Å². The summed E-state index contributed by atoms with van der Waals surface area (Å²) in [5.74, 6) is -0.0482. The highest BCUT2D eigenvalue weighted by Gasteiger charge is 2.27. The zero-order chi connectivity index (χ0) is 21.9. The molecular formula is C24H35N3O3. The van der Waals surface area contributed by atoms with E-state index >= 15 is 0 Å². The summed E-state index contributed by atoms with van der Waals surface area (Å²) < 4.78 is 5.44. The van der Waals surface area contributed by atoms with Gasteiger partial charge in [-0.1, -0.05) is 20.3 Å². The number of benzene rings is 1. The van der Waals surface area contributed by atoms with Gasteiger partial charge in [-0.25, -0.2) is 4.79 Å². The monoisotopic (exact) mass is 413 g/mol. The number of likely N-dealkylation sites (tertiary alicyclic amines) is 1. The second-order valence-corrected chi connectivity index (χ2v) is 9.16. The summed E-state index contributed by atoms with van der Waals surface area (Å²) in [6.07, 6.45) is 4.25. The lowest BCUT2D eigenvalue weighted by Gasteiger charge is -2.33. The lowest BCUT2D eigenvalue weighted by atomic mass is 10.0. The maximum absolute atomic E-state index is 12.9. The quantitative estimate of drug-likeness (QED) is 0.738. The average molecular weight is 414 g/mol. The highest BCUT2D eigenvalue weighted by molar-refractivity contribution is 5.99. The number of rotatable bonds is 5. The van der Waals surface area contributed by atoms with Gasteiger partial charge in [-0.3, -0.25) is 4.79 Å². The van der Waals surface area contributed by atoms with Gasteiger partial charge >= 0.3 is 6.09 Å². The molecule has 1 saturated heterocycles. The Morgan fingerprint density at radius 2 is 1.90 bits per heavy atom. The van der Waals surface area contributed by atoms with E-state index in [9.17, 15) is 9.59 Å². The molecule has 1 aromatic carbocycles. The van der Waals surface area contributed by atoms with E-state index in [0.29, 0.717) is 18.7 Å². The standard InChI is InChI=1S/C24H35N3O3/c1-6-8-20-18(7-2)19-15-16(9-10-21(19)26-20)22(28)25-17-11-13-27(14-12-17)23(29)30-24(3,4)5/h9-10,15,17,26H,6-8,11-14H2,1-5H3,(H,25,28). The number of piperidine rings is 1. The van der Waals surface area contributed by atoms with Crippen LogP contribution in [0.2, 0.25) is 0 Å². The number of carbonyl (C=O) groups excluding carboxylic acids is 2. The van der Waals surface area contributed by atoms with E-state index in [-0.39, 0.29) is 18.0 Å². The Morgan fingerprint density at radius 3 is 2.50 bits per heavy atom. The van der Waals surface area contributed by atoms with Gasteiger partial charge in [0.1, 0.15) is 5.60 Å². The number of nitrogens with zero attached hydrogens (tertiary/aromatic N) is 1. The van der Waals surface area contributed by atoms with Crippen molar-refractivity contribution in [3.8, 4) is 0 Å². The van der Waals surface area contributed by atoms with Gasteiger partial charge in [0.05, 0.1) is 0 Å². The SMILES string of the molecule is CCCc1[nH]c2ccc(C(=O)NC3CCN(C(=O)OC(C)(C)C)CC3)cc2c1CC. The number of ether oxygens (including phenoxy) is 1. The van der Waals surface area contributed by atoms with Crippen LogP contribution >= 0.6 is 0 Å². The lowest BCUT2D eigenvalue weighted by Crippen LogP contribution is -2.47. The molecule has 1 aliphatic rings. The van der Waals surface area contributed by atoms with E-state index in [1.807, 2.05) is 39.0 Å². The van der Waals surface area contributed by atoms with Gasteiger partial charge in [0.25, 0.3) is 5.91 Å². The van der Waals surface area contributed by atoms with Crippen molar-refractivity contribution in [2.45, 2.75) is 78.4 Å². The molecule has 2 amide bonds. The van der Waals surface area contributed by atoms with Crippen LogP contribution in [0.3, 0.4) is 0 Å². The van der Waals surface area contributed by atoms with E-state index < -0.39 is 5.60 Å². The summed E-state index contributed by atoms with van der Waals surface area (Å²) in [5, 5.41) is 4.30. The second-order valence-electron chi connectivity index (χ2n) is 9.16. The number of hydrogen-bond donors (Lipinski definition) is 2. The molecule has 2 N–H and O–H groups in total. The minimum absolute atomic E-state index is 0.0482. The molecule has 30 heavy (non-hydrogen) atoms. The molecule has 6 heteroatoms. The minimum atomic E-state index is -0.493. The van der Waals surface area contributed by atoms with Crippen molar-refractivity contribution >= 4 is 22.9 Å². The summed E-state index contributed by atoms with van der Waals surface area (Å²) >= 11 is 0. The van der Waals surface area contributed by atoms with Crippen molar-refractivity contribution in [3.63, 3.8) is 0 Å². The number of carbonyl (C=O) groups is 2. The van der Waals surface area contributed by atoms with Crippen molar-refractivity contribution in [1.82, 2.24) is 15.2 Å². The first-order valence-electron chi connectivity index (χ1n) is 11.1. The van der Waals surface area contributed by atoms with E-state index in [1.54, 1.807) is 4.90 Å². The van der Waals surface area contributed by atoms with Gasteiger partial charge < -0.3 is 19.9 Å². The fourth-order valence-electron chi connectivity index (χ4n) is 4.11. The Balaban J connectivity index is 1.63. The van der Waals surface area contributed by atoms with Crippen LogP contribution in [0.15, 0.2) is 18.2 Å². The predicted octanol–water partition coefficient (Wildman–Crippen LogP) is 4.81. The molecule has 0 saturated carbocycles. The fraction of sp³-hybridized carbons (Fsp3) is 0.583. The highest BCUT2D eigenvalue weighted by atomic mass is 16.6. The van der Waals surface area contributed by atoms with Crippen LogP contribution in [-0.4, -0.2) is 46.6 Å². The number of H-pyrrole nitrogens is 1. The Morgan fingerprint density at radius 1 is 1.20 bits per heavy atom.